The molecule has 0 amide bonds. The van der Waals surface area contributed by atoms with E-state index in [1.165, 1.54) is 25.2 Å². The zero-order valence-corrected chi connectivity index (χ0v) is 19.9. The molecule has 3 fully saturated rings. The van der Waals surface area contributed by atoms with E-state index >= 15 is 4.39 Å². The molecular weight excluding hydrogens is 466 g/mol. The van der Waals surface area contributed by atoms with Crippen molar-refractivity contribution >= 4 is 5.82 Å². The van der Waals surface area contributed by atoms with Crippen molar-refractivity contribution in [2.45, 2.75) is 68.9 Å². The Kier molecular flexibility index (Phi) is 5.70. The van der Waals surface area contributed by atoms with Crippen molar-refractivity contribution in [3.63, 3.8) is 0 Å². The standard InChI is InChI=1S/C26H28F2N6O2/c1-33-22(27)10-15(11-24(33)36)14-5-8-18(21(35)9-14)26-29-13-23(31-32-26)34(17-6-7-17)20-12-16-3-2-4-19(30-16)25(20)28/h5,8-11,13,16-17,19-20,25,30,35H,2-4,6-7,12H2,1H3/t16-,19+,20-,25+/m0/s1. The zero-order valence-electron chi connectivity index (χ0n) is 19.9. The van der Waals surface area contributed by atoms with Gasteiger partial charge in [0.15, 0.2) is 17.6 Å². The van der Waals surface area contributed by atoms with Gasteiger partial charge in [-0.3, -0.25) is 9.36 Å². The lowest BCUT2D eigenvalue weighted by Gasteiger charge is -2.47. The average molecular weight is 495 g/mol. The Bertz CT molecular complexity index is 1340. The molecule has 10 heteroatoms. The lowest BCUT2D eigenvalue weighted by Crippen LogP contribution is -2.62. The zero-order chi connectivity index (χ0) is 25.0. The fourth-order valence-corrected chi connectivity index (χ4v) is 5.61. The van der Waals surface area contributed by atoms with E-state index in [1.807, 2.05) is 0 Å². The van der Waals surface area contributed by atoms with Crippen LogP contribution in [0.15, 0.2) is 41.3 Å². The maximum atomic E-state index is 15.4. The minimum atomic E-state index is -0.972. The molecule has 2 saturated heterocycles. The molecule has 3 aromatic rings. The van der Waals surface area contributed by atoms with E-state index in [0.717, 1.165) is 43.1 Å². The number of pyridine rings is 1. The predicted octanol–water partition coefficient (Wildman–Crippen LogP) is 3.34. The Morgan fingerprint density at radius 3 is 2.64 bits per heavy atom. The highest BCUT2D eigenvalue weighted by atomic mass is 19.1. The van der Waals surface area contributed by atoms with Crippen LogP contribution in [0, 0.1) is 5.95 Å². The van der Waals surface area contributed by atoms with Crippen LogP contribution in [0.25, 0.3) is 22.5 Å². The van der Waals surface area contributed by atoms with Crippen molar-refractivity contribution in [1.29, 1.82) is 0 Å². The summed E-state index contributed by atoms with van der Waals surface area (Å²) in [6.45, 7) is 0. The van der Waals surface area contributed by atoms with Crippen LogP contribution in [-0.2, 0) is 7.05 Å². The predicted molar refractivity (Wildman–Crippen MR) is 131 cm³/mol. The number of phenols is 1. The molecule has 1 saturated carbocycles. The van der Waals surface area contributed by atoms with Gasteiger partial charge < -0.3 is 15.3 Å². The quantitative estimate of drug-likeness (QED) is 0.525. The van der Waals surface area contributed by atoms with Crippen LogP contribution in [0.2, 0.25) is 0 Å². The van der Waals surface area contributed by atoms with Crippen molar-refractivity contribution in [3.8, 4) is 28.3 Å². The third kappa shape index (κ3) is 4.13. The van der Waals surface area contributed by atoms with Crippen molar-refractivity contribution in [3.05, 3.63) is 52.8 Å². The fourth-order valence-electron chi connectivity index (χ4n) is 5.61. The number of nitrogens with one attached hydrogen (secondary N) is 1. The first kappa shape index (κ1) is 23.0. The number of anilines is 1. The molecule has 2 aliphatic heterocycles. The first-order chi connectivity index (χ1) is 17.4. The second-order valence-corrected chi connectivity index (χ2v) is 10.1. The first-order valence-corrected chi connectivity index (χ1v) is 12.5. The number of benzene rings is 1. The Balaban J connectivity index is 1.26. The molecule has 8 nitrogen and oxygen atoms in total. The molecule has 1 aromatic carbocycles. The maximum absolute atomic E-state index is 15.4. The van der Waals surface area contributed by atoms with Gasteiger partial charge in [0.25, 0.3) is 5.56 Å². The van der Waals surface area contributed by atoms with Gasteiger partial charge in [-0.15, -0.1) is 10.2 Å². The van der Waals surface area contributed by atoms with Crippen LogP contribution in [0.1, 0.15) is 38.5 Å². The summed E-state index contributed by atoms with van der Waals surface area (Å²) in [7, 11) is 1.35. The molecule has 4 heterocycles. The Morgan fingerprint density at radius 2 is 1.94 bits per heavy atom. The van der Waals surface area contributed by atoms with Crippen LogP contribution >= 0.6 is 0 Å². The van der Waals surface area contributed by atoms with Gasteiger partial charge in [-0.2, -0.15) is 4.39 Å². The summed E-state index contributed by atoms with van der Waals surface area (Å²) in [5.74, 6) is 0.00255. The third-order valence-electron chi connectivity index (χ3n) is 7.68. The van der Waals surface area contributed by atoms with Crippen LogP contribution in [-0.4, -0.2) is 55.2 Å². The largest absolute Gasteiger partial charge is 0.507 e. The van der Waals surface area contributed by atoms with Crippen molar-refractivity contribution in [1.82, 2.24) is 25.1 Å². The van der Waals surface area contributed by atoms with Crippen LogP contribution < -0.4 is 15.8 Å². The summed E-state index contributed by atoms with van der Waals surface area (Å²) in [5, 5.41) is 22.8. The molecular formula is C26H28F2N6O2. The van der Waals surface area contributed by atoms with Crippen molar-refractivity contribution in [2.24, 2.45) is 7.05 Å². The lowest BCUT2D eigenvalue weighted by atomic mass is 9.82. The molecule has 2 aromatic heterocycles. The molecule has 1 aliphatic carbocycles. The minimum absolute atomic E-state index is 0.113. The maximum Gasteiger partial charge on any atom is 0.253 e. The molecule has 188 valence electrons. The monoisotopic (exact) mass is 494 g/mol. The smallest absolute Gasteiger partial charge is 0.253 e. The Morgan fingerprint density at radius 1 is 1.11 bits per heavy atom. The molecule has 0 radical (unpaired) electrons. The van der Waals surface area contributed by atoms with Crippen LogP contribution in [0.5, 0.6) is 5.75 Å². The van der Waals surface area contributed by atoms with E-state index < -0.39 is 17.7 Å². The lowest BCUT2D eigenvalue weighted by molar-refractivity contribution is 0.104. The summed E-state index contributed by atoms with van der Waals surface area (Å²) in [6, 6.07) is 7.49. The Labute approximate surface area is 207 Å². The summed E-state index contributed by atoms with van der Waals surface area (Å²) < 4.78 is 30.3. The average Bonchev–Trinajstić information content (AvgIpc) is 3.71. The SMILES string of the molecule is Cn1c(F)cc(-c2ccc(-c3ncc(N(C4CC4)[C@H]4C[C@@H]5CCC[C@@H](N5)[C@H]4F)nn3)c(O)c2)cc1=O. The molecule has 0 spiro atoms. The number of alkyl halides is 1. The summed E-state index contributed by atoms with van der Waals surface area (Å²) in [5.41, 5.74) is 0.729. The van der Waals surface area contributed by atoms with E-state index in [0.29, 0.717) is 28.6 Å². The molecule has 36 heavy (non-hydrogen) atoms. The number of piperidine rings is 2. The molecule has 2 bridgehead atoms. The number of aromatic hydroxyl groups is 1. The van der Waals surface area contributed by atoms with Gasteiger partial charge in [-0.05, 0) is 61.4 Å². The number of fused-ring (bicyclic) bond motifs is 2. The van der Waals surface area contributed by atoms with Crippen LogP contribution in [0.4, 0.5) is 14.6 Å². The normalized spacial score (nSPS) is 25.5. The highest BCUT2D eigenvalue weighted by molar-refractivity contribution is 5.72. The highest BCUT2D eigenvalue weighted by Gasteiger charge is 2.46. The number of halogens is 2. The number of hydrogen-bond acceptors (Lipinski definition) is 7. The van der Waals surface area contributed by atoms with Gasteiger partial charge in [-0.25, -0.2) is 9.37 Å². The van der Waals surface area contributed by atoms with Gasteiger partial charge in [0, 0.05) is 31.2 Å². The molecule has 2 N–H and O–H groups in total. The molecule has 3 aliphatic rings. The van der Waals surface area contributed by atoms with Gasteiger partial charge in [0.1, 0.15) is 11.9 Å². The van der Waals surface area contributed by atoms with E-state index in [2.05, 4.69) is 25.4 Å². The van der Waals surface area contributed by atoms with E-state index in [1.54, 1.807) is 18.3 Å². The van der Waals surface area contributed by atoms with Gasteiger partial charge >= 0.3 is 0 Å². The summed E-state index contributed by atoms with van der Waals surface area (Å²) >= 11 is 0. The van der Waals surface area contributed by atoms with E-state index in [4.69, 9.17) is 0 Å². The number of aromatic nitrogens is 4. The highest BCUT2D eigenvalue weighted by Crippen LogP contribution is 2.39. The summed E-state index contributed by atoms with van der Waals surface area (Å²) in [6.07, 6.45) is 6.36. The van der Waals surface area contributed by atoms with Crippen LogP contribution in [0.3, 0.4) is 0 Å². The molecule has 4 atom stereocenters. The third-order valence-corrected chi connectivity index (χ3v) is 7.68. The van der Waals surface area contributed by atoms with E-state index in [-0.39, 0.29) is 29.7 Å². The number of hydrogen-bond donors (Lipinski definition) is 2. The van der Waals surface area contributed by atoms with Crippen molar-refractivity contribution < 1.29 is 13.9 Å². The minimum Gasteiger partial charge on any atom is -0.507 e. The number of rotatable bonds is 5. The van der Waals surface area contributed by atoms with E-state index in [9.17, 15) is 14.3 Å². The first-order valence-electron chi connectivity index (χ1n) is 12.5. The second kappa shape index (κ2) is 8.92. The topological polar surface area (TPSA) is 96.2 Å². The Hall–Kier alpha value is -3.40. The summed E-state index contributed by atoms with van der Waals surface area (Å²) in [4.78, 5) is 18.5. The number of nitrogens with zero attached hydrogens (tertiary/aromatic N) is 5. The number of phenolic OH excluding ortho intramolecular Hbond substituents is 1. The second-order valence-electron chi connectivity index (χ2n) is 10.1. The van der Waals surface area contributed by atoms with Gasteiger partial charge in [0.05, 0.1) is 17.8 Å². The van der Waals surface area contributed by atoms with Gasteiger partial charge in [0.2, 0.25) is 0 Å². The molecule has 6 rings (SSSR count). The van der Waals surface area contributed by atoms with Gasteiger partial charge in [-0.1, -0.05) is 12.5 Å². The van der Waals surface area contributed by atoms with Crippen molar-refractivity contribution in [2.75, 3.05) is 4.90 Å². The fraction of sp³-hybridized carbons (Fsp3) is 0.462. The molecule has 0 unspecified atom stereocenters.